The molecule has 25 heavy (non-hydrogen) atoms. The standard InChI is InChI=1S/C20H19F2N3/c21-20(22)10-12-25(14-20)13-15-5-7-16(8-6-15)24-19-9-11-23-18-4-2-1-3-17(18)19/h1-9,11H,10,12-14H2,(H,23,24). The number of fused-ring (bicyclic) bond motifs is 1. The number of benzene rings is 2. The van der Waals surface area contributed by atoms with Gasteiger partial charge in [0.2, 0.25) is 0 Å². The van der Waals surface area contributed by atoms with Gasteiger partial charge in [0.25, 0.3) is 5.92 Å². The van der Waals surface area contributed by atoms with Gasteiger partial charge < -0.3 is 5.32 Å². The highest BCUT2D eigenvalue weighted by molar-refractivity contribution is 5.92. The normalized spacial score (nSPS) is 17.0. The maximum Gasteiger partial charge on any atom is 0.261 e. The first kappa shape index (κ1) is 16.0. The lowest BCUT2D eigenvalue weighted by molar-refractivity contribution is 0.0115. The summed E-state index contributed by atoms with van der Waals surface area (Å²) >= 11 is 0. The zero-order chi connectivity index (χ0) is 17.3. The van der Waals surface area contributed by atoms with Gasteiger partial charge in [-0.3, -0.25) is 9.88 Å². The Kier molecular flexibility index (Phi) is 4.09. The van der Waals surface area contributed by atoms with Gasteiger partial charge in [0.1, 0.15) is 0 Å². The molecule has 0 radical (unpaired) electrons. The molecule has 0 saturated carbocycles. The van der Waals surface area contributed by atoms with Crippen molar-refractivity contribution in [3.05, 3.63) is 66.4 Å². The first-order chi connectivity index (χ1) is 12.1. The average molecular weight is 339 g/mol. The zero-order valence-corrected chi connectivity index (χ0v) is 13.8. The average Bonchev–Trinajstić information content (AvgIpc) is 2.95. The molecule has 0 amide bonds. The van der Waals surface area contributed by atoms with E-state index in [1.54, 1.807) is 11.1 Å². The summed E-state index contributed by atoms with van der Waals surface area (Å²) in [5.41, 5.74) is 3.95. The van der Waals surface area contributed by atoms with Gasteiger partial charge >= 0.3 is 0 Å². The topological polar surface area (TPSA) is 28.2 Å². The molecule has 4 rings (SSSR count). The number of rotatable bonds is 4. The summed E-state index contributed by atoms with van der Waals surface area (Å²) in [5.74, 6) is -2.54. The summed E-state index contributed by atoms with van der Waals surface area (Å²) in [7, 11) is 0. The highest BCUT2D eigenvalue weighted by Crippen LogP contribution is 2.28. The number of anilines is 2. The van der Waals surface area contributed by atoms with Crippen molar-refractivity contribution in [2.24, 2.45) is 0 Å². The van der Waals surface area contributed by atoms with Crippen LogP contribution < -0.4 is 5.32 Å². The molecular formula is C20H19F2N3. The minimum absolute atomic E-state index is 0.0399. The molecule has 3 aromatic rings. The van der Waals surface area contributed by atoms with E-state index < -0.39 is 5.92 Å². The summed E-state index contributed by atoms with van der Waals surface area (Å²) < 4.78 is 26.5. The van der Waals surface area contributed by atoms with Crippen LogP contribution in [0.15, 0.2) is 60.8 Å². The molecule has 1 saturated heterocycles. The van der Waals surface area contributed by atoms with Gasteiger partial charge in [0.05, 0.1) is 12.1 Å². The third-order valence-electron chi connectivity index (χ3n) is 4.54. The summed E-state index contributed by atoms with van der Waals surface area (Å²) in [6.45, 7) is 0.875. The fourth-order valence-corrected chi connectivity index (χ4v) is 3.25. The Morgan fingerprint density at radius 3 is 2.60 bits per heavy atom. The Labute approximate surface area is 145 Å². The Morgan fingerprint density at radius 1 is 1.04 bits per heavy atom. The van der Waals surface area contributed by atoms with E-state index in [0.717, 1.165) is 27.8 Å². The second-order valence-corrected chi connectivity index (χ2v) is 6.51. The second kappa shape index (κ2) is 6.41. The second-order valence-electron chi connectivity index (χ2n) is 6.51. The number of nitrogens with one attached hydrogen (secondary N) is 1. The number of para-hydroxylation sites is 1. The van der Waals surface area contributed by atoms with E-state index in [1.165, 1.54) is 0 Å². The van der Waals surface area contributed by atoms with E-state index in [2.05, 4.69) is 10.3 Å². The van der Waals surface area contributed by atoms with Crippen LogP contribution in [0, 0.1) is 0 Å². The quantitative estimate of drug-likeness (QED) is 0.739. The maximum absolute atomic E-state index is 13.3. The minimum atomic E-state index is -2.54. The van der Waals surface area contributed by atoms with Crippen LogP contribution in [0.5, 0.6) is 0 Å². The van der Waals surface area contributed by atoms with Gasteiger partial charge in [-0.1, -0.05) is 30.3 Å². The number of halogens is 2. The molecule has 0 spiro atoms. The van der Waals surface area contributed by atoms with Gasteiger partial charge in [-0.15, -0.1) is 0 Å². The monoisotopic (exact) mass is 339 g/mol. The van der Waals surface area contributed by atoms with Gasteiger partial charge in [-0.05, 0) is 29.8 Å². The lowest BCUT2D eigenvalue weighted by atomic mass is 10.1. The number of nitrogens with zero attached hydrogens (tertiary/aromatic N) is 2. The molecule has 0 bridgehead atoms. The predicted octanol–water partition coefficient (Wildman–Crippen LogP) is 4.82. The molecule has 2 aromatic carbocycles. The van der Waals surface area contributed by atoms with Gasteiger partial charge in [-0.2, -0.15) is 0 Å². The molecule has 1 aromatic heterocycles. The van der Waals surface area contributed by atoms with E-state index in [-0.39, 0.29) is 13.0 Å². The number of hydrogen-bond acceptors (Lipinski definition) is 3. The molecule has 1 N–H and O–H groups in total. The van der Waals surface area contributed by atoms with Crippen molar-refractivity contribution in [3.63, 3.8) is 0 Å². The third kappa shape index (κ3) is 3.61. The van der Waals surface area contributed by atoms with Crippen LogP contribution in [0.3, 0.4) is 0 Å². The first-order valence-corrected chi connectivity index (χ1v) is 8.39. The zero-order valence-electron chi connectivity index (χ0n) is 13.8. The third-order valence-corrected chi connectivity index (χ3v) is 4.54. The van der Waals surface area contributed by atoms with Gasteiger partial charge in [0, 0.05) is 42.5 Å². The summed E-state index contributed by atoms with van der Waals surface area (Å²) in [4.78, 5) is 6.16. The Balaban J connectivity index is 1.47. The maximum atomic E-state index is 13.3. The Morgan fingerprint density at radius 2 is 1.84 bits per heavy atom. The van der Waals surface area contributed by atoms with E-state index in [1.807, 2.05) is 54.6 Å². The molecule has 1 fully saturated rings. The lowest BCUT2D eigenvalue weighted by Gasteiger charge is -2.16. The molecule has 0 aliphatic carbocycles. The fourth-order valence-electron chi connectivity index (χ4n) is 3.25. The van der Waals surface area contributed by atoms with Crippen molar-refractivity contribution in [2.45, 2.75) is 18.9 Å². The molecule has 1 aliphatic rings. The smallest absolute Gasteiger partial charge is 0.261 e. The predicted molar refractivity (Wildman–Crippen MR) is 96.3 cm³/mol. The lowest BCUT2D eigenvalue weighted by Crippen LogP contribution is -2.24. The van der Waals surface area contributed by atoms with Crippen molar-refractivity contribution in [2.75, 3.05) is 18.4 Å². The van der Waals surface area contributed by atoms with Gasteiger partial charge in [0.15, 0.2) is 0 Å². The van der Waals surface area contributed by atoms with Crippen LogP contribution in [0.25, 0.3) is 10.9 Å². The summed E-state index contributed by atoms with van der Waals surface area (Å²) in [6.07, 6.45) is 1.74. The van der Waals surface area contributed by atoms with Crippen molar-refractivity contribution >= 4 is 22.3 Å². The minimum Gasteiger partial charge on any atom is -0.355 e. The van der Waals surface area contributed by atoms with Crippen LogP contribution in [-0.2, 0) is 6.54 Å². The van der Waals surface area contributed by atoms with Crippen LogP contribution in [0.2, 0.25) is 0 Å². The molecule has 3 nitrogen and oxygen atoms in total. The largest absolute Gasteiger partial charge is 0.355 e. The SMILES string of the molecule is FC1(F)CCN(Cc2ccc(Nc3ccnc4ccccc34)cc2)C1. The molecule has 0 unspecified atom stereocenters. The van der Waals surface area contributed by atoms with E-state index >= 15 is 0 Å². The summed E-state index contributed by atoms with van der Waals surface area (Å²) in [5, 5.41) is 4.47. The number of hydrogen-bond donors (Lipinski definition) is 1. The summed E-state index contributed by atoms with van der Waals surface area (Å²) in [6, 6.07) is 17.9. The molecule has 5 heteroatoms. The molecule has 1 aliphatic heterocycles. The number of aromatic nitrogens is 1. The van der Waals surface area contributed by atoms with Crippen LogP contribution in [0.1, 0.15) is 12.0 Å². The van der Waals surface area contributed by atoms with Crippen molar-refractivity contribution < 1.29 is 8.78 Å². The van der Waals surface area contributed by atoms with Gasteiger partial charge in [-0.25, -0.2) is 8.78 Å². The number of likely N-dealkylation sites (tertiary alicyclic amines) is 1. The first-order valence-electron chi connectivity index (χ1n) is 8.39. The molecule has 2 heterocycles. The van der Waals surface area contributed by atoms with Crippen LogP contribution in [0.4, 0.5) is 20.2 Å². The fraction of sp³-hybridized carbons (Fsp3) is 0.250. The van der Waals surface area contributed by atoms with Crippen molar-refractivity contribution in [1.29, 1.82) is 0 Å². The van der Waals surface area contributed by atoms with Crippen molar-refractivity contribution in [3.8, 4) is 0 Å². The van der Waals surface area contributed by atoms with E-state index in [0.29, 0.717) is 13.1 Å². The van der Waals surface area contributed by atoms with Crippen LogP contribution in [-0.4, -0.2) is 28.9 Å². The molecular weight excluding hydrogens is 320 g/mol. The van der Waals surface area contributed by atoms with Crippen molar-refractivity contribution in [1.82, 2.24) is 9.88 Å². The molecule has 0 atom stereocenters. The van der Waals surface area contributed by atoms with Crippen LogP contribution >= 0.6 is 0 Å². The number of alkyl halides is 2. The highest BCUT2D eigenvalue weighted by Gasteiger charge is 2.37. The Bertz CT molecular complexity index is 872. The molecule has 128 valence electrons. The van der Waals surface area contributed by atoms with E-state index in [9.17, 15) is 8.78 Å². The Hall–Kier alpha value is -2.53. The van der Waals surface area contributed by atoms with E-state index in [4.69, 9.17) is 0 Å². The highest BCUT2D eigenvalue weighted by atomic mass is 19.3. The number of pyridine rings is 1.